The van der Waals surface area contributed by atoms with Crippen molar-refractivity contribution in [1.82, 2.24) is 0 Å². The lowest BCUT2D eigenvalue weighted by Gasteiger charge is -2.13. The molecule has 0 aromatic heterocycles. The molecular formula is C7H15O. The van der Waals surface area contributed by atoms with Gasteiger partial charge in [-0.2, -0.15) is 0 Å². The molecule has 49 valence electrons. The maximum atomic E-state index is 5.18. The van der Waals surface area contributed by atoms with Crippen LogP contribution in [0.5, 0.6) is 0 Å². The van der Waals surface area contributed by atoms with Crippen LogP contribution in [0.1, 0.15) is 27.7 Å². The molecule has 0 aliphatic heterocycles. The van der Waals surface area contributed by atoms with E-state index in [-0.39, 0.29) is 0 Å². The fourth-order valence-corrected chi connectivity index (χ4v) is 0.372. The molecule has 0 rings (SSSR count). The summed E-state index contributed by atoms with van der Waals surface area (Å²) in [6, 6.07) is 0. The molecule has 0 bridgehead atoms. The molecule has 0 aromatic carbocycles. The Hall–Kier alpha value is -0.0400. The van der Waals surface area contributed by atoms with Gasteiger partial charge in [-0.05, 0) is 19.8 Å². The standard InChI is InChI=1S/C7H15O/c1-5-8-7(4)6(2)3/h5-7H,1-4H3. The van der Waals surface area contributed by atoms with Crippen molar-refractivity contribution in [1.29, 1.82) is 0 Å². The molecule has 0 aromatic rings. The Balaban J connectivity index is 3.17. The zero-order valence-electron chi connectivity index (χ0n) is 6.14. The Bertz CT molecular complexity index is 50.3. The first-order valence-corrected chi connectivity index (χ1v) is 3.11. The number of rotatable bonds is 3. The largest absolute Gasteiger partial charge is 0.373 e. The first-order chi connectivity index (χ1) is 3.68. The van der Waals surface area contributed by atoms with Crippen LogP contribution in [0.2, 0.25) is 0 Å². The van der Waals surface area contributed by atoms with E-state index in [1.54, 1.807) is 6.61 Å². The molecule has 0 N–H and O–H groups in total. The number of hydrogen-bond donors (Lipinski definition) is 0. The van der Waals surface area contributed by atoms with Gasteiger partial charge in [0.05, 0.1) is 12.7 Å². The molecule has 1 radical (unpaired) electrons. The smallest absolute Gasteiger partial charge is 0.0809 e. The van der Waals surface area contributed by atoms with E-state index in [0.29, 0.717) is 12.0 Å². The van der Waals surface area contributed by atoms with Crippen molar-refractivity contribution < 1.29 is 4.74 Å². The SMILES string of the molecule is C[CH]OC(C)C(C)C. The van der Waals surface area contributed by atoms with Gasteiger partial charge in [-0.3, -0.25) is 0 Å². The zero-order chi connectivity index (χ0) is 6.57. The minimum Gasteiger partial charge on any atom is -0.373 e. The van der Waals surface area contributed by atoms with E-state index in [0.717, 1.165) is 0 Å². The number of hydrogen-bond acceptors (Lipinski definition) is 1. The highest BCUT2D eigenvalue weighted by atomic mass is 16.5. The second-order valence-corrected chi connectivity index (χ2v) is 2.32. The summed E-state index contributed by atoms with van der Waals surface area (Å²) in [4.78, 5) is 0. The molecule has 0 saturated heterocycles. The van der Waals surface area contributed by atoms with Crippen molar-refractivity contribution >= 4 is 0 Å². The van der Waals surface area contributed by atoms with Crippen molar-refractivity contribution in [3.8, 4) is 0 Å². The summed E-state index contributed by atoms with van der Waals surface area (Å²) in [7, 11) is 0. The number of ether oxygens (including phenoxy) is 1. The van der Waals surface area contributed by atoms with Gasteiger partial charge in [0.25, 0.3) is 0 Å². The summed E-state index contributed by atoms with van der Waals surface area (Å²) >= 11 is 0. The first kappa shape index (κ1) is 7.96. The van der Waals surface area contributed by atoms with E-state index in [4.69, 9.17) is 4.74 Å². The van der Waals surface area contributed by atoms with Crippen molar-refractivity contribution in [3.63, 3.8) is 0 Å². The Morgan fingerprint density at radius 3 is 1.88 bits per heavy atom. The Morgan fingerprint density at radius 1 is 1.25 bits per heavy atom. The lowest BCUT2D eigenvalue weighted by atomic mass is 10.1. The van der Waals surface area contributed by atoms with Gasteiger partial charge in [-0.1, -0.05) is 13.8 Å². The van der Waals surface area contributed by atoms with Crippen molar-refractivity contribution in [2.75, 3.05) is 0 Å². The molecular weight excluding hydrogens is 100 g/mol. The van der Waals surface area contributed by atoms with E-state index in [1.165, 1.54) is 0 Å². The molecule has 1 nitrogen and oxygen atoms in total. The van der Waals surface area contributed by atoms with E-state index >= 15 is 0 Å². The molecule has 1 atom stereocenters. The predicted octanol–water partition coefficient (Wildman–Crippen LogP) is 2.23. The van der Waals surface area contributed by atoms with Gasteiger partial charge in [0, 0.05) is 0 Å². The van der Waals surface area contributed by atoms with Crippen LogP contribution in [0.15, 0.2) is 0 Å². The molecule has 0 aliphatic carbocycles. The van der Waals surface area contributed by atoms with E-state index < -0.39 is 0 Å². The van der Waals surface area contributed by atoms with Gasteiger partial charge in [0.1, 0.15) is 0 Å². The van der Waals surface area contributed by atoms with Crippen molar-refractivity contribution in [2.24, 2.45) is 5.92 Å². The third kappa shape index (κ3) is 3.03. The van der Waals surface area contributed by atoms with Crippen molar-refractivity contribution in [2.45, 2.75) is 33.8 Å². The second-order valence-electron chi connectivity index (χ2n) is 2.32. The van der Waals surface area contributed by atoms with E-state index in [2.05, 4.69) is 20.8 Å². The normalized spacial score (nSPS) is 14.6. The van der Waals surface area contributed by atoms with E-state index in [1.807, 2.05) is 6.92 Å². The lowest BCUT2D eigenvalue weighted by molar-refractivity contribution is 0.0862. The third-order valence-electron chi connectivity index (χ3n) is 1.29. The Labute approximate surface area is 52.0 Å². The quantitative estimate of drug-likeness (QED) is 0.548. The Morgan fingerprint density at radius 2 is 1.75 bits per heavy atom. The summed E-state index contributed by atoms with van der Waals surface area (Å²) < 4.78 is 5.18. The molecule has 0 aliphatic rings. The minimum absolute atomic E-state index is 0.361. The average molecular weight is 115 g/mol. The predicted molar refractivity (Wildman–Crippen MR) is 35.4 cm³/mol. The molecule has 0 spiro atoms. The van der Waals surface area contributed by atoms with Crippen molar-refractivity contribution in [3.05, 3.63) is 6.61 Å². The van der Waals surface area contributed by atoms with Gasteiger partial charge in [0.15, 0.2) is 0 Å². The van der Waals surface area contributed by atoms with Gasteiger partial charge >= 0.3 is 0 Å². The Kier molecular flexibility index (Phi) is 3.88. The van der Waals surface area contributed by atoms with Crippen LogP contribution in [0.4, 0.5) is 0 Å². The summed E-state index contributed by atoms with van der Waals surface area (Å²) in [6.07, 6.45) is 0.361. The van der Waals surface area contributed by atoms with Gasteiger partial charge in [-0.15, -0.1) is 0 Å². The summed E-state index contributed by atoms with van der Waals surface area (Å²) in [5, 5.41) is 0. The van der Waals surface area contributed by atoms with Crippen LogP contribution in [-0.4, -0.2) is 6.10 Å². The fourth-order valence-electron chi connectivity index (χ4n) is 0.372. The van der Waals surface area contributed by atoms with Crippen LogP contribution in [0.3, 0.4) is 0 Å². The van der Waals surface area contributed by atoms with Crippen LogP contribution in [0, 0.1) is 12.5 Å². The summed E-state index contributed by atoms with van der Waals surface area (Å²) in [6.45, 7) is 10.0. The maximum absolute atomic E-state index is 5.18. The third-order valence-corrected chi connectivity index (χ3v) is 1.29. The monoisotopic (exact) mass is 115 g/mol. The molecule has 0 heterocycles. The minimum atomic E-state index is 0.361. The zero-order valence-corrected chi connectivity index (χ0v) is 6.14. The molecule has 1 heteroatoms. The van der Waals surface area contributed by atoms with Gasteiger partial charge in [-0.25, -0.2) is 0 Å². The molecule has 0 fully saturated rings. The highest BCUT2D eigenvalue weighted by Gasteiger charge is 2.04. The van der Waals surface area contributed by atoms with Crippen LogP contribution in [0.25, 0.3) is 0 Å². The lowest BCUT2D eigenvalue weighted by Crippen LogP contribution is -2.12. The average Bonchev–Trinajstić information content (AvgIpc) is 1.67. The molecule has 8 heavy (non-hydrogen) atoms. The molecule has 0 saturated carbocycles. The highest BCUT2D eigenvalue weighted by Crippen LogP contribution is 2.05. The van der Waals surface area contributed by atoms with Crippen LogP contribution in [-0.2, 0) is 4.74 Å². The van der Waals surface area contributed by atoms with Gasteiger partial charge in [0.2, 0.25) is 0 Å². The summed E-state index contributed by atoms with van der Waals surface area (Å²) in [5.74, 6) is 0.617. The van der Waals surface area contributed by atoms with Gasteiger partial charge < -0.3 is 4.74 Å². The summed E-state index contributed by atoms with van der Waals surface area (Å²) in [5.41, 5.74) is 0. The van der Waals surface area contributed by atoms with Crippen LogP contribution < -0.4 is 0 Å². The molecule has 0 amide bonds. The molecule has 1 unspecified atom stereocenters. The van der Waals surface area contributed by atoms with Crippen LogP contribution >= 0.6 is 0 Å². The second kappa shape index (κ2) is 3.90. The fraction of sp³-hybridized carbons (Fsp3) is 0.857. The highest BCUT2D eigenvalue weighted by molar-refractivity contribution is 4.55. The first-order valence-electron chi connectivity index (χ1n) is 3.11. The topological polar surface area (TPSA) is 9.23 Å². The maximum Gasteiger partial charge on any atom is 0.0809 e. The van der Waals surface area contributed by atoms with E-state index in [9.17, 15) is 0 Å².